The van der Waals surface area contributed by atoms with E-state index >= 15 is 0 Å². The van der Waals surface area contributed by atoms with Gasteiger partial charge >= 0.3 is 0 Å². The first-order chi connectivity index (χ1) is 8.49. The van der Waals surface area contributed by atoms with Crippen molar-refractivity contribution in [3.05, 3.63) is 29.8 Å². The van der Waals surface area contributed by atoms with Gasteiger partial charge in [-0.15, -0.1) is 0 Å². The molecule has 0 spiro atoms. The van der Waals surface area contributed by atoms with E-state index in [1.165, 1.54) is 12.1 Å². The summed E-state index contributed by atoms with van der Waals surface area (Å²) in [5.41, 5.74) is 2.27. The quantitative estimate of drug-likeness (QED) is 0.863. The maximum absolute atomic E-state index is 9.55. The number of piperidine rings is 1. The number of aliphatic hydroxyl groups excluding tert-OH is 1. The average molecular weight is 247 g/mol. The van der Waals surface area contributed by atoms with Crippen LogP contribution in [-0.2, 0) is 0 Å². The normalized spacial score (nSPS) is 30.3. The Balaban J connectivity index is 2.19. The topological polar surface area (TPSA) is 23.5 Å². The molecule has 1 N–H and O–H groups in total. The molecule has 1 fully saturated rings. The van der Waals surface area contributed by atoms with Crippen LogP contribution in [0.4, 0.5) is 5.69 Å². The fourth-order valence-corrected chi connectivity index (χ4v) is 3.00. The summed E-state index contributed by atoms with van der Waals surface area (Å²) >= 11 is 0. The van der Waals surface area contributed by atoms with Crippen molar-refractivity contribution in [1.29, 1.82) is 0 Å². The van der Waals surface area contributed by atoms with Crippen molar-refractivity contribution in [3.63, 3.8) is 0 Å². The van der Waals surface area contributed by atoms with Gasteiger partial charge in [-0.1, -0.05) is 26.0 Å². The number of benzene rings is 1. The third kappa shape index (κ3) is 2.69. The lowest BCUT2D eigenvalue weighted by Gasteiger charge is -2.42. The van der Waals surface area contributed by atoms with Crippen LogP contribution in [0.3, 0.4) is 0 Å². The summed E-state index contributed by atoms with van der Waals surface area (Å²) in [6.07, 6.45) is 0.944. The molecule has 1 aromatic carbocycles. The molecule has 1 aliphatic heterocycles. The van der Waals surface area contributed by atoms with Gasteiger partial charge in [0.25, 0.3) is 0 Å². The van der Waals surface area contributed by atoms with E-state index in [4.69, 9.17) is 0 Å². The molecule has 2 heteroatoms. The summed E-state index contributed by atoms with van der Waals surface area (Å²) in [5, 5.41) is 9.55. The van der Waals surface area contributed by atoms with E-state index < -0.39 is 0 Å². The second-order valence-corrected chi connectivity index (χ2v) is 5.98. The van der Waals surface area contributed by atoms with Crippen molar-refractivity contribution in [1.82, 2.24) is 0 Å². The molecule has 1 heterocycles. The van der Waals surface area contributed by atoms with E-state index in [0.29, 0.717) is 6.04 Å². The maximum atomic E-state index is 9.55. The van der Waals surface area contributed by atoms with Crippen molar-refractivity contribution >= 4 is 5.69 Å². The molecule has 4 unspecified atom stereocenters. The highest BCUT2D eigenvalue weighted by atomic mass is 16.3. The molecule has 2 rings (SSSR count). The summed E-state index contributed by atoms with van der Waals surface area (Å²) < 4.78 is 0. The zero-order chi connectivity index (χ0) is 13.3. The van der Waals surface area contributed by atoms with Gasteiger partial charge in [0.2, 0.25) is 0 Å². The lowest BCUT2D eigenvalue weighted by atomic mass is 9.85. The van der Waals surface area contributed by atoms with Crippen LogP contribution in [0.15, 0.2) is 24.3 Å². The maximum Gasteiger partial charge on any atom is 0.0761 e. The Morgan fingerprint density at radius 3 is 2.33 bits per heavy atom. The molecule has 0 aliphatic carbocycles. The van der Waals surface area contributed by atoms with Gasteiger partial charge in [0.05, 0.1) is 6.10 Å². The summed E-state index contributed by atoms with van der Waals surface area (Å²) in [7, 11) is 0. The first-order valence-electron chi connectivity index (χ1n) is 7.03. The fraction of sp³-hybridized carbons (Fsp3) is 0.625. The number of hydrogen-bond acceptors (Lipinski definition) is 2. The van der Waals surface area contributed by atoms with Crippen LogP contribution < -0.4 is 4.90 Å². The second-order valence-electron chi connectivity index (χ2n) is 5.98. The second kappa shape index (κ2) is 5.31. The fourth-order valence-electron chi connectivity index (χ4n) is 3.00. The summed E-state index contributed by atoms with van der Waals surface area (Å²) in [6, 6.07) is 8.96. The van der Waals surface area contributed by atoms with Crippen molar-refractivity contribution < 1.29 is 5.11 Å². The molecule has 4 atom stereocenters. The van der Waals surface area contributed by atoms with Gasteiger partial charge in [0.15, 0.2) is 0 Å². The van der Waals surface area contributed by atoms with Gasteiger partial charge in [-0.3, -0.25) is 0 Å². The highest BCUT2D eigenvalue weighted by Gasteiger charge is 2.28. The zero-order valence-electron chi connectivity index (χ0n) is 11.9. The third-order valence-electron chi connectivity index (χ3n) is 4.30. The lowest BCUT2D eigenvalue weighted by molar-refractivity contribution is 0.199. The Hall–Kier alpha value is -1.02. The molecular weight excluding hydrogens is 222 g/mol. The van der Waals surface area contributed by atoms with E-state index in [0.717, 1.165) is 23.9 Å². The largest absolute Gasteiger partial charge is 0.389 e. The third-order valence-corrected chi connectivity index (χ3v) is 4.30. The minimum Gasteiger partial charge on any atom is -0.389 e. The van der Waals surface area contributed by atoms with Crippen molar-refractivity contribution in [2.45, 2.75) is 46.3 Å². The van der Waals surface area contributed by atoms with Crippen LogP contribution in [0, 0.1) is 11.8 Å². The van der Waals surface area contributed by atoms with E-state index in [9.17, 15) is 5.11 Å². The molecule has 0 radical (unpaired) electrons. The van der Waals surface area contributed by atoms with E-state index in [2.05, 4.69) is 37.8 Å². The molecular formula is C16H25NO. The van der Waals surface area contributed by atoms with Gasteiger partial charge in [-0.05, 0) is 49.8 Å². The van der Waals surface area contributed by atoms with Crippen LogP contribution in [0.2, 0.25) is 0 Å². The highest BCUT2D eigenvalue weighted by Crippen LogP contribution is 2.31. The van der Waals surface area contributed by atoms with Gasteiger partial charge in [-0.25, -0.2) is 0 Å². The highest BCUT2D eigenvalue weighted by molar-refractivity contribution is 5.49. The average Bonchev–Trinajstić information content (AvgIpc) is 2.34. The Morgan fingerprint density at radius 2 is 1.78 bits per heavy atom. The number of anilines is 1. The predicted molar refractivity (Wildman–Crippen MR) is 76.8 cm³/mol. The zero-order valence-corrected chi connectivity index (χ0v) is 11.9. The van der Waals surface area contributed by atoms with E-state index in [1.807, 2.05) is 19.1 Å². The monoisotopic (exact) mass is 247 g/mol. The van der Waals surface area contributed by atoms with Crippen molar-refractivity contribution in [2.24, 2.45) is 11.8 Å². The van der Waals surface area contributed by atoms with Crippen LogP contribution in [-0.4, -0.2) is 17.7 Å². The minimum absolute atomic E-state index is 0.379. The minimum atomic E-state index is -0.379. The molecule has 18 heavy (non-hydrogen) atoms. The molecule has 1 aliphatic rings. The van der Waals surface area contributed by atoms with Crippen LogP contribution in [0.5, 0.6) is 0 Å². The van der Waals surface area contributed by atoms with Gasteiger partial charge < -0.3 is 10.0 Å². The SMILES string of the molecule is CC1CC(C)C(C)N(c2ccc(C(C)O)cc2)C1. The van der Waals surface area contributed by atoms with Crippen molar-refractivity contribution in [2.75, 3.05) is 11.4 Å². The Labute approximate surface area is 111 Å². The Kier molecular flexibility index (Phi) is 3.96. The molecule has 1 aromatic rings. The van der Waals surface area contributed by atoms with Crippen LogP contribution >= 0.6 is 0 Å². The van der Waals surface area contributed by atoms with E-state index in [1.54, 1.807) is 0 Å². The van der Waals surface area contributed by atoms with Crippen LogP contribution in [0.25, 0.3) is 0 Å². The molecule has 2 nitrogen and oxygen atoms in total. The molecule has 100 valence electrons. The van der Waals surface area contributed by atoms with Gasteiger partial charge in [-0.2, -0.15) is 0 Å². The number of rotatable bonds is 2. The number of nitrogens with zero attached hydrogens (tertiary/aromatic N) is 1. The summed E-state index contributed by atoms with van der Waals surface area (Å²) in [4.78, 5) is 2.50. The summed E-state index contributed by atoms with van der Waals surface area (Å²) in [5.74, 6) is 1.50. The predicted octanol–water partition coefficient (Wildman–Crippen LogP) is 3.61. The van der Waals surface area contributed by atoms with Crippen LogP contribution in [0.1, 0.15) is 45.8 Å². The molecule has 0 aromatic heterocycles. The smallest absolute Gasteiger partial charge is 0.0761 e. The Morgan fingerprint density at radius 1 is 1.17 bits per heavy atom. The Bertz CT molecular complexity index is 385. The van der Waals surface area contributed by atoms with Crippen molar-refractivity contribution in [3.8, 4) is 0 Å². The van der Waals surface area contributed by atoms with Gasteiger partial charge in [0, 0.05) is 18.3 Å². The molecule has 1 saturated heterocycles. The van der Waals surface area contributed by atoms with Gasteiger partial charge in [0.1, 0.15) is 0 Å². The number of aliphatic hydroxyl groups is 1. The van der Waals surface area contributed by atoms with E-state index in [-0.39, 0.29) is 6.10 Å². The standard InChI is InChI=1S/C16H25NO/c1-11-9-12(2)13(3)17(10-11)16-7-5-15(6-8-16)14(4)18/h5-8,11-14,18H,9-10H2,1-4H3. The molecule has 0 bridgehead atoms. The summed E-state index contributed by atoms with van der Waals surface area (Å²) in [6.45, 7) is 9.94. The molecule has 0 amide bonds. The first-order valence-corrected chi connectivity index (χ1v) is 7.03. The number of hydrogen-bond donors (Lipinski definition) is 1. The molecule has 0 saturated carbocycles. The lowest BCUT2D eigenvalue weighted by Crippen LogP contribution is -2.45. The first kappa shape index (κ1) is 13.4.